The first kappa shape index (κ1) is 10.9. The minimum absolute atomic E-state index is 0.659. The maximum absolute atomic E-state index is 5.49. The van der Waals surface area contributed by atoms with Gasteiger partial charge in [-0.25, -0.2) is 4.98 Å². The van der Waals surface area contributed by atoms with Crippen molar-refractivity contribution in [3.63, 3.8) is 0 Å². The molecule has 0 unspecified atom stereocenters. The number of hydrogen-bond donors (Lipinski definition) is 2. The highest BCUT2D eigenvalue weighted by molar-refractivity contribution is 5.24. The number of hydrogen-bond acceptors (Lipinski definition) is 2. The molecule has 0 bridgehead atoms. The zero-order chi connectivity index (χ0) is 11.4. The molecule has 2 aromatic rings. The third-order valence-corrected chi connectivity index (χ3v) is 2.59. The van der Waals surface area contributed by atoms with Crippen molar-refractivity contribution in [3.8, 4) is 0 Å². The molecule has 1 aromatic carbocycles. The van der Waals surface area contributed by atoms with Gasteiger partial charge in [-0.1, -0.05) is 29.8 Å². The number of nitrogens with zero attached hydrogens (tertiary/aromatic N) is 1. The van der Waals surface area contributed by atoms with Crippen LogP contribution in [-0.4, -0.2) is 16.5 Å². The average Bonchev–Trinajstić information content (AvgIpc) is 2.70. The van der Waals surface area contributed by atoms with Crippen molar-refractivity contribution < 1.29 is 0 Å². The van der Waals surface area contributed by atoms with Gasteiger partial charge in [0.15, 0.2) is 0 Å². The van der Waals surface area contributed by atoms with Crippen molar-refractivity contribution in [1.82, 2.24) is 9.97 Å². The number of H-pyrrole nitrogens is 1. The highest BCUT2D eigenvalue weighted by atomic mass is 14.9. The van der Waals surface area contributed by atoms with E-state index in [-0.39, 0.29) is 0 Å². The Hall–Kier alpha value is -1.61. The smallest absolute Gasteiger partial charge is 0.110 e. The largest absolute Gasteiger partial charge is 0.346 e. The van der Waals surface area contributed by atoms with E-state index in [9.17, 15) is 0 Å². The topological polar surface area (TPSA) is 54.7 Å². The van der Waals surface area contributed by atoms with E-state index in [1.807, 2.05) is 6.20 Å². The maximum atomic E-state index is 5.49. The Balaban J connectivity index is 2.05. The number of aryl methyl sites for hydroxylation is 1. The average molecular weight is 215 g/mol. The van der Waals surface area contributed by atoms with Crippen molar-refractivity contribution in [2.75, 3.05) is 6.54 Å². The third-order valence-electron chi connectivity index (χ3n) is 2.59. The predicted octanol–water partition coefficient (Wildman–Crippen LogP) is 1.81. The fourth-order valence-electron chi connectivity index (χ4n) is 1.68. The Morgan fingerprint density at radius 1 is 1.25 bits per heavy atom. The van der Waals surface area contributed by atoms with Gasteiger partial charge in [-0.2, -0.15) is 0 Å². The van der Waals surface area contributed by atoms with E-state index in [4.69, 9.17) is 5.73 Å². The predicted molar refractivity (Wildman–Crippen MR) is 65.3 cm³/mol. The van der Waals surface area contributed by atoms with E-state index in [1.165, 1.54) is 11.1 Å². The SMILES string of the molecule is Cc1ccc(Cc2ncc(CCN)[nH]2)cc1. The highest BCUT2D eigenvalue weighted by Gasteiger charge is 2.01. The van der Waals surface area contributed by atoms with Crippen molar-refractivity contribution in [2.24, 2.45) is 5.73 Å². The van der Waals surface area contributed by atoms with Gasteiger partial charge in [-0.05, 0) is 19.0 Å². The number of rotatable bonds is 4. The van der Waals surface area contributed by atoms with Crippen LogP contribution in [0, 0.1) is 6.92 Å². The Morgan fingerprint density at radius 3 is 2.69 bits per heavy atom. The minimum Gasteiger partial charge on any atom is -0.346 e. The second kappa shape index (κ2) is 4.94. The van der Waals surface area contributed by atoms with Crippen LogP contribution in [0.1, 0.15) is 22.6 Å². The number of aromatic nitrogens is 2. The van der Waals surface area contributed by atoms with Crippen LogP contribution in [0.15, 0.2) is 30.5 Å². The third kappa shape index (κ3) is 2.70. The van der Waals surface area contributed by atoms with Gasteiger partial charge < -0.3 is 10.7 Å². The van der Waals surface area contributed by atoms with E-state index in [0.29, 0.717) is 6.54 Å². The molecule has 3 N–H and O–H groups in total. The second-order valence-electron chi connectivity index (χ2n) is 4.06. The Bertz CT molecular complexity index is 442. The Morgan fingerprint density at radius 2 is 2.00 bits per heavy atom. The molecule has 3 nitrogen and oxygen atoms in total. The summed E-state index contributed by atoms with van der Waals surface area (Å²) in [6.07, 6.45) is 3.59. The molecule has 0 radical (unpaired) electrons. The summed E-state index contributed by atoms with van der Waals surface area (Å²) in [6, 6.07) is 8.53. The van der Waals surface area contributed by atoms with Gasteiger partial charge in [0.25, 0.3) is 0 Å². The maximum Gasteiger partial charge on any atom is 0.110 e. The first-order valence-electron chi connectivity index (χ1n) is 5.56. The molecule has 0 aliphatic rings. The molecule has 0 aliphatic carbocycles. The van der Waals surface area contributed by atoms with E-state index >= 15 is 0 Å². The van der Waals surface area contributed by atoms with E-state index in [1.54, 1.807) is 0 Å². The zero-order valence-corrected chi connectivity index (χ0v) is 9.53. The van der Waals surface area contributed by atoms with Gasteiger partial charge in [-0.15, -0.1) is 0 Å². The molecule has 0 saturated heterocycles. The molecule has 2 rings (SSSR count). The molecule has 0 spiro atoms. The molecule has 3 heteroatoms. The van der Waals surface area contributed by atoms with Crippen LogP contribution < -0.4 is 5.73 Å². The van der Waals surface area contributed by atoms with Gasteiger partial charge in [0.05, 0.1) is 0 Å². The molecule has 16 heavy (non-hydrogen) atoms. The Labute approximate surface area is 95.7 Å². The molecular formula is C13H17N3. The van der Waals surface area contributed by atoms with Gasteiger partial charge in [-0.3, -0.25) is 0 Å². The molecule has 0 amide bonds. The first-order chi connectivity index (χ1) is 7.78. The van der Waals surface area contributed by atoms with Gasteiger partial charge >= 0.3 is 0 Å². The van der Waals surface area contributed by atoms with Crippen LogP contribution in [0.4, 0.5) is 0 Å². The van der Waals surface area contributed by atoms with Crippen molar-refractivity contribution >= 4 is 0 Å². The van der Waals surface area contributed by atoms with Crippen LogP contribution in [0.25, 0.3) is 0 Å². The lowest BCUT2D eigenvalue weighted by Gasteiger charge is -1.99. The summed E-state index contributed by atoms with van der Waals surface area (Å²) in [6.45, 7) is 2.75. The van der Waals surface area contributed by atoms with Crippen molar-refractivity contribution in [2.45, 2.75) is 19.8 Å². The monoisotopic (exact) mass is 215 g/mol. The van der Waals surface area contributed by atoms with E-state index < -0.39 is 0 Å². The summed E-state index contributed by atoms with van der Waals surface area (Å²) >= 11 is 0. The summed E-state index contributed by atoms with van der Waals surface area (Å²) in [5.41, 5.74) is 9.17. The molecule has 84 valence electrons. The highest BCUT2D eigenvalue weighted by Crippen LogP contribution is 2.08. The summed E-state index contributed by atoms with van der Waals surface area (Å²) in [5, 5.41) is 0. The molecule has 0 atom stereocenters. The fourth-order valence-corrected chi connectivity index (χ4v) is 1.68. The summed E-state index contributed by atoms with van der Waals surface area (Å²) in [4.78, 5) is 7.63. The summed E-state index contributed by atoms with van der Waals surface area (Å²) in [5.74, 6) is 1.01. The standard InChI is InChI=1S/C13H17N3/c1-10-2-4-11(5-3-10)8-13-15-9-12(16-13)6-7-14/h2-5,9H,6-8,14H2,1H3,(H,15,16). The lowest BCUT2D eigenvalue weighted by molar-refractivity contribution is 0.919. The fraction of sp³-hybridized carbons (Fsp3) is 0.308. The molecule has 1 aromatic heterocycles. The minimum atomic E-state index is 0.659. The van der Waals surface area contributed by atoms with E-state index in [2.05, 4.69) is 41.2 Å². The number of imidazole rings is 1. The zero-order valence-electron chi connectivity index (χ0n) is 9.53. The second-order valence-corrected chi connectivity index (χ2v) is 4.06. The van der Waals surface area contributed by atoms with Gasteiger partial charge in [0, 0.05) is 24.7 Å². The van der Waals surface area contributed by atoms with E-state index in [0.717, 1.165) is 24.4 Å². The van der Waals surface area contributed by atoms with Crippen LogP contribution in [0.5, 0.6) is 0 Å². The molecule has 0 aliphatic heterocycles. The lowest BCUT2D eigenvalue weighted by Crippen LogP contribution is -2.02. The number of aromatic amines is 1. The molecular weight excluding hydrogens is 198 g/mol. The summed E-state index contributed by atoms with van der Waals surface area (Å²) in [7, 11) is 0. The Kier molecular flexibility index (Phi) is 3.37. The van der Waals surface area contributed by atoms with Crippen LogP contribution in [0.2, 0.25) is 0 Å². The van der Waals surface area contributed by atoms with Crippen LogP contribution in [0.3, 0.4) is 0 Å². The number of nitrogens with two attached hydrogens (primary N) is 1. The normalized spacial score (nSPS) is 10.6. The lowest BCUT2D eigenvalue weighted by atomic mass is 10.1. The number of benzene rings is 1. The summed E-state index contributed by atoms with van der Waals surface area (Å²) < 4.78 is 0. The number of nitrogens with one attached hydrogen (secondary N) is 1. The quantitative estimate of drug-likeness (QED) is 0.817. The van der Waals surface area contributed by atoms with Crippen LogP contribution in [-0.2, 0) is 12.8 Å². The first-order valence-corrected chi connectivity index (χ1v) is 5.56. The van der Waals surface area contributed by atoms with Gasteiger partial charge in [0.1, 0.15) is 5.82 Å². The van der Waals surface area contributed by atoms with Crippen molar-refractivity contribution in [1.29, 1.82) is 0 Å². The molecule has 0 saturated carbocycles. The van der Waals surface area contributed by atoms with Crippen molar-refractivity contribution in [3.05, 3.63) is 53.1 Å². The molecule has 0 fully saturated rings. The molecule has 1 heterocycles. The van der Waals surface area contributed by atoms with Crippen LogP contribution >= 0.6 is 0 Å². The van der Waals surface area contributed by atoms with Gasteiger partial charge in [0.2, 0.25) is 0 Å².